The molecule has 1 aromatic rings. The topological polar surface area (TPSA) is 48.9 Å². The fourth-order valence-corrected chi connectivity index (χ4v) is 3.10. The van der Waals surface area contributed by atoms with Gasteiger partial charge in [-0.1, -0.05) is 18.6 Å². The number of piperidine rings is 1. The largest absolute Gasteiger partial charge is 0.497 e. The predicted octanol–water partition coefficient (Wildman–Crippen LogP) is 2.62. The molecule has 0 unspecified atom stereocenters. The summed E-state index contributed by atoms with van der Waals surface area (Å²) < 4.78 is 5.27. The Kier molecular flexibility index (Phi) is 6.91. The monoisotopic (exact) mass is 332 g/mol. The molecule has 0 amide bonds. The quantitative estimate of drug-likeness (QED) is 0.621. The van der Waals surface area contributed by atoms with Crippen molar-refractivity contribution in [2.75, 3.05) is 33.8 Å². The van der Waals surface area contributed by atoms with Gasteiger partial charge in [0.25, 0.3) is 0 Å². The number of likely N-dealkylation sites (tertiary alicyclic amines) is 1. The number of nitrogens with one attached hydrogen (secondary N) is 2. The molecule has 0 bridgehead atoms. The zero-order valence-electron chi connectivity index (χ0n) is 15.6. The van der Waals surface area contributed by atoms with Crippen molar-refractivity contribution in [3.63, 3.8) is 0 Å². The number of aliphatic imine (C=N–C) groups is 1. The number of hydrogen-bond acceptors (Lipinski definition) is 3. The molecule has 2 N–H and O–H groups in total. The molecule has 1 saturated heterocycles. The molecular weight excluding hydrogens is 300 g/mol. The number of nitrogens with zero attached hydrogens (tertiary/aromatic N) is 2. The van der Waals surface area contributed by atoms with Crippen molar-refractivity contribution in [3.8, 4) is 5.75 Å². The summed E-state index contributed by atoms with van der Waals surface area (Å²) in [6.07, 6.45) is 3.99. The summed E-state index contributed by atoms with van der Waals surface area (Å²) in [7, 11) is 3.50. The maximum Gasteiger partial charge on any atom is 0.191 e. The van der Waals surface area contributed by atoms with Gasteiger partial charge in [-0.05, 0) is 57.5 Å². The number of ether oxygens (including phenoxy) is 1. The van der Waals surface area contributed by atoms with Gasteiger partial charge in [-0.2, -0.15) is 0 Å². The van der Waals surface area contributed by atoms with Crippen LogP contribution in [0.5, 0.6) is 5.75 Å². The molecule has 5 nitrogen and oxygen atoms in total. The van der Waals surface area contributed by atoms with Crippen molar-refractivity contribution in [3.05, 3.63) is 29.8 Å². The van der Waals surface area contributed by atoms with Gasteiger partial charge in [-0.3, -0.25) is 9.89 Å². The lowest BCUT2D eigenvalue weighted by atomic mass is 9.98. The number of methoxy groups -OCH3 is 1. The minimum absolute atomic E-state index is 0.133. The van der Waals surface area contributed by atoms with E-state index in [0.717, 1.165) is 24.8 Å². The summed E-state index contributed by atoms with van der Waals surface area (Å²) >= 11 is 0. The minimum Gasteiger partial charge on any atom is -0.497 e. The molecule has 1 aliphatic heterocycles. The first kappa shape index (κ1) is 18.6. The average molecular weight is 332 g/mol. The number of guanidine groups is 1. The first-order valence-corrected chi connectivity index (χ1v) is 8.87. The Morgan fingerprint density at radius 2 is 1.96 bits per heavy atom. The standard InChI is InChI=1S/C19H32N4O/c1-19(2,23-11-6-5-7-12-23)15-22-18(20-3)21-14-16-9-8-10-17(13-16)24-4/h8-10,13H,5-7,11-12,14-15H2,1-4H3,(H2,20,21,22). The second kappa shape index (κ2) is 8.92. The van der Waals surface area contributed by atoms with Crippen molar-refractivity contribution in [1.82, 2.24) is 15.5 Å². The Morgan fingerprint density at radius 1 is 1.21 bits per heavy atom. The van der Waals surface area contributed by atoms with Gasteiger partial charge in [0.15, 0.2) is 5.96 Å². The third-order valence-electron chi connectivity index (χ3n) is 4.72. The van der Waals surface area contributed by atoms with Crippen molar-refractivity contribution in [1.29, 1.82) is 0 Å². The van der Waals surface area contributed by atoms with E-state index < -0.39 is 0 Å². The van der Waals surface area contributed by atoms with Gasteiger partial charge < -0.3 is 15.4 Å². The van der Waals surface area contributed by atoms with Crippen LogP contribution in [0.15, 0.2) is 29.3 Å². The Bertz CT molecular complexity index is 536. The lowest BCUT2D eigenvalue weighted by molar-refractivity contribution is 0.0982. The third kappa shape index (κ3) is 5.41. The fraction of sp³-hybridized carbons (Fsp3) is 0.632. The Hall–Kier alpha value is -1.75. The molecule has 5 heteroatoms. The molecule has 1 heterocycles. The van der Waals surface area contributed by atoms with Gasteiger partial charge in [-0.25, -0.2) is 0 Å². The molecule has 24 heavy (non-hydrogen) atoms. The molecule has 1 fully saturated rings. The molecule has 0 atom stereocenters. The molecule has 1 aliphatic rings. The van der Waals surface area contributed by atoms with Crippen LogP contribution in [-0.4, -0.2) is 50.2 Å². The van der Waals surface area contributed by atoms with E-state index in [1.54, 1.807) is 7.11 Å². The molecule has 0 spiro atoms. The van der Waals surface area contributed by atoms with Crippen LogP contribution in [0.1, 0.15) is 38.7 Å². The van der Waals surface area contributed by atoms with Crippen LogP contribution in [0, 0.1) is 0 Å². The van der Waals surface area contributed by atoms with Gasteiger partial charge in [0, 0.05) is 25.7 Å². The molecule has 0 radical (unpaired) electrons. The lowest BCUT2D eigenvalue weighted by Gasteiger charge is -2.41. The second-order valence-electron chi connectivity index (χ2n) is 6.99. The van der Waals surface area contributed by atoms with Crippen molar-refractivity contribution >= 4 is 5.96 Å². The van der Waals surface area contributed by atoms with Gasteiger partial charge in [-0.15, -0.1) is 0 Å². The van der Waals surface area contributed by atoms with Crippen LogP contribution in [0.4, 0.5) is 0 Å². The number of hydrogen-bond donors (Lipinski definition) is 2. The summed E-state index contributed by atoms with van der Waals surface area (Å²) in [6, 6.07) is 8.08. The number of rotatable bonds is 6. The first-order chi connectivity index (χ1) is 11.5. The average Bonchev–Trinajstić information content (AvgIpc) is 2.62. The van der Waals surface area contributed by atoms with E-state index in [0.29, 0.717) is 0 Å². The smallest absolute Gasteiger partial charge is 0.191 e. The molecule has 2 rings (SSSR count). The highest BCUT2D eigenvalue weighted by Crippen LogP contribution is 2.19. The van der Waals surface area contributed by atoms with Gasteiger partial charge in [0.05, 0.1) is 7.11 Å². The molecule has 0 aliphatic carbocycles. The first-order valence-electron chi connectivity index (χ1n) is 8.87. The Labute approximate surface area is 146 Å². The molecule has 0 saturated carbocycles. The van der Waals surface area contributed by atoms with Crippen molar-refractivity contribution < 1.29 is 4.74 Å². The molecule has 1 aromatic carbocycles. The zero-order chi connectivity index (χ0) is 17.4. The van der Waals surface area contributed by atoms with E-state index in [1.807, 2.05) is 25.2 Å². The van der Waals surface area contributed by atoms with E-state index in [9.17, 15) is 0 Å². The normalized spacial score (nSPS) is 16.8. The van der Waals surface area contributed by atoms with Crippen LogP contribution in [0.3, 0.4) is 0 Å². The third-order valence-corrected chi connectivity index (χ3v) is 4.72. The maximum atomic E-state index is 5.27. The van der Waals surface area contributed by atoms with Crippen LogP contribution in [0.25, 0.3) is 0 Å². The minimum atomic E-state index is 0.133. The highest BCUT2D eigenvalue weighted by Gasteiger charge is 2.27. The van der Waals surface area contributed by atoms with Crippen LogP contribution in [0.2, 0.25) is 0 Å². The predicted molar refractivity (Wildman–Crippen MR) is 101 cm³/mol. The molecule has 0 aromatic heterocycles. The van der Waals surface area contributed by atoms with Crippen LogP contribution >= 0.6 is 0 Å². The van der Waals surface area contributed by atoms with Crippen LogP contribution in [-0.2, 0) is 6.54 Å². The van der Waals surface area contributed by atoms with Gasteiger partial charge >= 0.3 is 0 Å². The summed E-state index contributed by atoms with van der Waals surface area (Å²) in [5.41, 5.74) is 1.31. The molecular formula is C19H32N4O. The fourth-order valence-electron chi connectivity index (χ4n) is 3.10. The van der Waals surface area contributed by atoms with E-state index in [4.69, 9.17) is 4.74 Å². The van der Waals surface area contributed by atoms with E-state index in [1.165, 1.54) is 37.9 Å². The highest BCUT2D eigenvalue weighted by atomic mass is 16.5. The summed E-state index contributed by atoms with van der Waals surface area (Å²) in [5.74, 6) is 1.71. The lowest BCUT2D eigenvalue weighted by Crippen LogP contribution is -2.54. The SMILES string of the molecule is CN=C(NCc1cccc(OC)c1)NCC(C)(C)N1CCCCC1. The Morgan fingerprint density at radius 3 is 2.62 bits per heavy atom. The van der Waals surface area contributed by atoms with Crippen LogP contribution < -0.4 is 15.4 Å². The van der Waals surface area contributed by atoms with Crippen molar-refractivity contribution in [2.24, 2.45) is 4.99 Å². The molecule has 134 valence electrons. The second-order valence-corrected chi connectivity index (χ2v) is 6.99. The van der Waals surface area contributed by atoms with Gasteiger partial charge in [0.2, 0.25) is 0 Å². The van der Waals surface area contributed by atoms with Crippen molar-refractivity contribution in [2.45, 2.75) is 45.2 Å². The highest BCUT2D eigenvalue weighted by molar-refractivity contribution is 5.79. The summed E-state index contributed by atoms with van der Waals surface area (Å²) in [5, 5.41) is 6.85. The van der Waals surface area contributed by atoms with E-state index in [-0.39, 0.29) is 5.54 Å². The zero-order valence-corrected chi connectivity index (χ0v) is 15.6. The maximum absolute atomic E-state index is 5.27. The summed E-state index contributed by atoms with van der Waals surface area (Å²) in [6.45, 7) is 8.61. The van der Waals surface area contributed by atoms with E-state index in [2.05, 4.69) is 40.4 Å². The Balaban J connectivity index is 1.83. The van der Waals surface area contributed by atoms with E-state index >= 15 is 0 Å². The number of benzene rings is 1. The van der Waals surface area contributed by atoms with Gasteiger partial charge in [0.1, 0.15) is 5.75 Å². The summed E-state index contributed by atoms with van der Waals surface area (Å²) in [4.78, 5) is 6.92.